The lowest BCUT2D eigenvalue weighted by molar-refractivity contribution is -0.384. The highest BCUT2D eigenvalue weighted by molar-refractivity contribution is 7.87. The zero-order valence-electron chi connectivity index (χ0n) is 18.5. The smallest absolute Gasteiger partial charge is 0.339 e. The van der Waals surface area contributed by atoms with Crippen LogP contribution in [0.3, 0.4) is 0 Å². The molecule has 0 heterocycles. The minimum Gasteiger partial charge on any atom is -0.379 e. The van der Waals surface area contributed by atoms with E-state index in [9.17, 15) is 27.7 Å². The van der Waals surface area contributed by atoms with Crippen LogP contribution in [0.25, 0.3) is 0 Å². The van der Waals surface area contributed by atoms with Gasteiger partial charge in [-0.15, -0.1) is 0 Å². The highest BCUT2D eigenvalue weighted by atomic mass is 32.2. The van der Waals surface area contributed by atoms with Crippen molar-refractivity contribution >= 4 is 21.7 Å². The van der Waals surface area contributed by atoms with Crippen LogP contribution in [0.2, 0.25) is 0 Å². The highest BCUT2D eigenvalue weighted by Gasteiger charge is 2.23. The molecule has 0 aliphatic carbocycles. The highest BCUT2D eigenvalue weighted by Crippen LogP contribution is 2.22. The maximum Gasteiger partial charge on any atom is 0.339 e. The van der Waals surface area contributed by atoms with Gasteiger partial charge in [-0.1, -0.05) is 25.1 Å². The second-order valence-electron chi connectivity index (χ2n) is 7.63. The number of carbonyl (C=O) groups excluding carboxylic acids is 1. The molecule has 1 atom stereocenters. The molecule has 3 rings (SSSR count). The molecule has 1 amide bonds. The van der Waals surface area contributed by atoms with Gasteiger partial charge in [0.05, 0.1) is 4.92 Å². The second kappa shape index (κ2) is 10.4. The van der Waals surface area contributed by atoms with Gasteiger partial charge < -0.3 is 9.08 Å². The van der Waals surface area contributed by atoms with Gasteiger partial charge in [0.1, 0.15) is 16.5 Å². The Kier molecular flexibility index (Phi) is 7.62. The van der Waals surface area contributed by atoms with Gasteiger partial charge in [-0.25, -0.2) is 4.39 Å². The molecule has 0 radical (unpaired) electrons. The maximum atomic E-state index is 13.1. The first-order valence-electron chi connectivity index (χ1n) is 10.4. The van der Waals surface area contributed by atoms with Crippen molar-refractivity contribution in [1.82, 2.24) is 4.90 Å². The zero-order chi connectivity index (χ0) is 24.9. The Morgan fingerprint density at radius 1 is 1.09 bits per heavy atom. The molecule has 10 heteroatoms. The summed E-state index contributed by atoms with van der Waals surface area (Å²) in [5.41, 5.74) is 0.754. The Balaban J connectivity index is 1.78. The van der Waals surface area contributed by atoms with Gasteiger partial charge in [0.15, 0.2) is 0 Å². The van der Waals surface area contributed by atoms with Crippen LogP contribution in [-0.2, 0) is 16.7 Å². The van der Waals surface area contributed by atoms with Crippen molar-refractivity contribution in [2.24, 2.45) is 0 Å². The van der Waals surface area contributed by atoms with E-state index < -0.39 is 20.9 Å². The van der Waals surface area contributed by atoms with E-state index in [4.69, 9.17) is 4.18 Å². The first kappa shape index (κ1) is 24.8. The Bertz CT molecular complexity index is 1280. The normalized spacial score (nSPS) is 12.1. The van der Waals surface area contributed by atoms with Gasteiger partial charge in [-0.3, -0.25) is 14.9 Å². The van der Waals surface area contributed by atoms with Gasteiger partial charge in [-0.2, -0.15) is 8.42 Å². The Morgan fingerprint density at radius 3 is 2.32 bits per heavy atom. The average molecular weight is 487 g/mol. The standard InChI is InChI=1S/C24H23FN2O6S/c1-3-17(2)26(24(28)19-5-4-6-21(15-19)27(29)30)16-18-7-11-22(12-8-18)33-34(31,32)23-13-9-20(25)10-14-23/h4-15,17H,3,16H2,1-2H3. The number of halogens is 1. The van der Waals surface area contributed by atoms with Gasteiger partial charge in [0, 0.05) is 30.3 Å². The summed E-state index contributed by atoms with van der Waals surface area (Å²) in [6.45, 7) is 4.01. The largest absolute Gasteiger partial charge is 0.379 e. The number of nitrogens with zero attached hydrogens (tertiary/aromatic N) is 2. The molecule has 0 saturated heterocycles. The van der Waals surface area contributed by atoms with E-state index in [0.717, 1.165) is 24.3 Å². The van der Waals surface area contributed by atoms with Crippen molar-refractivity contribution < 1.29 is 26.7 Å². The van der Waals surface area contributed by atoms with Gasteiger partial charge in [-0.05, 0) is 61.4 Å². The number of amides is 1. The molecular weight excluding hydrogens is 463 g/mol. The molecule has 0 N–H and O–H groups in total. The minimum absolute atomic E-state index is 0.0631. The van der Waals surface area contributed by atoms with Crippen molar-refractivity contribution in [2.75, 3.05) is 0 Å². The number of hydrogen-bond donors (Lipinski definition) is 0. The lowest BCUT2D eigenvalue weighted by Crippen LogP contribution is -2.37. The summed E-state index contributed by atoms with van der Waals surface area (Å²) < 4.78 is 42.9. The lowest BCUT2D eigenvalue weighted by Gasteiger charge is -2.29. The SMILES string of the molecule is CCC(C)N(Cc1ccc(OS(=O)(=O)c2ccc(F)cc2)cc1)C(=O)c1cccc([N+](=O)[O-])c1. The van der Waals surface area contributed by atoms with E-state index in [-0.39, 0.29) is 40.4 Å². The summed E-state index contributed by atoms with van der Waals surface area (Å²) in [5, 5.41) is 11.1. The van der Waals surface area contributed by atoms with Crippen LogP contribution < -0.4 is 4.18 Å². The van der Waals surface area contributed by atoms with Gasteiger partial charge >= 0.3 is 10.1 Å². The molecule has 3 aromatic carbocycles. The zero-order valence-corrected chi connectivity index (χ0v) is 19.4. The summed E-state index contributed by atoms with van der Waals surface area (Å²) in [7, 11) is -4.13. The van der Waals surface area contributed by atoms with Gasteiger partial charge in [0.25, 0.3) is 11.6 Å². The molecule has 0 aliphatic rings. The number of carbonyl (C=O) groups is 1. The molecule has 0 bridgehead atoms. The molecule has 8 nitrogen and oxygen atoms in total. The predicted molar refractivity (Wildman–Crippen MR) is 123 cm³/mol. The van der Waals surface area contributed by atoms with E-state index in [1.54, 1.807) is 17.0 Å². The van der Waals surface area contributed by atoms with E-state index >= 15 is 0 Å². The number of rotatable bonds is 9. The van der Waals surface area contributed by atoms with E-state index in [1.165, 1.54) is 36.4 Å². The quantitative estimate of drug-likeness (QED) is 0.241. The maximum absolute atomic E-state index is 13.1. The van der Waals surface area contributed by atoms with E-state index in [0.29, 0.717) is 12.0 Å². The Hall–Kier alpha value is -3.79. The molecular formula is C24H23FN2O6S. The van der Waals surface area contributed by atoms with Crippen LogP contribution in [0.5, 0.6) is 5.75 Å². The third-order valence-corrected chi connectivity index (χ3v) is 6.53. The molecule has 0 aliphatic heterocycles. The number of hydrogen-bond acceptors (Lipinski definition) is 6. The first-order chi connectivity index (χ1) is 16.1. The summed E-state index contributed by atoms with van der Waals surface area (Å²) in [6.07, 6.45) is 0.664. The van der Waals surface area contributed by atoms with E-state index in [2.05, 4.69) is 0 Å². The topological polar surface area (TPSA) is 107 Å². The molecule has 0 fully saturated rings. The molecule has 1 unspecified atom stereocenters. The van der Waals surface area contributed by atoms with Crippen LogP contribution in [0.15, 0.2) is 77.7 Å². The van der Waals surface area contributed by atoms with Crippen LogP contribution in [0.4, 0.5) is 10.1 Å². The van der Waals surface area contributed by atoms with Crippen molar-refractivity contribution in [3.63, 3.8) is 0 Å². The summed E-state index contributed by atoms with van der Waals surface area (Å²) in [4.78, 5) is 25.1. The molecule has 34 heavy (non-hydrogen) atoms. The molecule has 0 aromatic heterocycles. The Labute approximate surface area is 196 Å². The summed E-state index contributed by atoms with van der Waals surface area (Å²) in [5.74, 6) is -0.848. The molecule has 0 spiro atoms. The number of nitro benzene ring substituents is 1. The first-order valence-corrected chi connectivity index (χ1v) is 11.9. The fraction of sp³-hybridized carbons (Fsp3) is 0.208. The van der Waals surface area contributed by atoms with Crippen molar-refractivity contribution in [2.45, 2.75) is 37.8 Å². The minimum atomic E-state index is -4.13. The van der Waals surface area contributed by atoms with Crippen LogP contribution in [-0.4, -0.2) is 30.2 Å². The van der Waals surface area contributed by atoms with Crippen molar-refractivity contribution in [3.8, 4) is 5.75 Å². The van der Waals surface area contributed by atoms with Crippen molar-refractivity contribution in [1.29, 1.82) is 0 Å². The van der Waals surface area contributed by atoms with Crippen LogP contribution >= 0.6 is 0 Å². The predicted octanol–water partition coefficient (Wildman–Crippen LogP) is 4.94. The summed E-state index contributed by atoms with van der Waals surface area (Å²) in [6, 6.07) is 15.9. The lowest BCUT2D eigenvalue weighted by atomic mass is 10.1. The number of nitro groups is 1. The number of benzene rings is 3. The third-order valence-electron chi connectivity index (χ3n) is 5.27. The van der Waals surface area contributed by atoms with E-state index in [1.807, 2.05) is 13.8 Å². The van der Waals surface area contributed by atoms with Gasteiger partial charge in [0.2, 0.25) is 0 Å². The number of non-ortho nitro benzene ring substituents is 1. The fourth-order valence-corrected chi connectivity index (χ4v) is 4.12. The molecule has 178 valence electrons. The third kappa shape index (κ3) is 5.96. The Morgan fingerprint density at radius 2 is 1.74 bits per heavy atom. The molecule has 0 saturated carbocycles. The summed E-state index contributed by atoms with van der Waals surface area (Å²) >= 11 is 0. The monoisotopic (exact) mass is 486 g/mol. The molecule has 3 aromatic rings. The average Bonchev–Trinajstić information content (AvgIpc) is 2.82. The van der Waals surface area contributed by atoms with Crippen LogP contribution in [0, 0.1) is 15.9 Å². The van der Waals surface area contributed by atoms with Crippen LogP contribution in [0.1, 0.15) is 36.2 Å². The second-order valence-corrected chi connectivity index (χ2v) is 9.18. The van der Waals surface area contributed by atoms with Crippen molar-refractivity contribution in [3.05, 3.63) is 99.9 Å². The fourth-order valence-electron chi connectivity index (χ4n) is 3.19.